The summed E-state index contributed by atoms with van der Waals surface area (Å²) in [4.78, 5) is 25.0. The van der Waals surface area contributed by atoms with Crippen molar-refractivity contribution in [3.8, 4) is 6.07 Å². The molecule has 0 aromatic carbocycles. The lowest BCUT2D eigenvalue weighted by atomic mass is 10.0. The fraction of sp³-hybridized carbons (Fsp3) is 0.545. The van der Waals surface area contributed by atoms with Gasteiger partial charge in [0.05, 0.1) is 0 Å². The maximum absolute atomic E-state index is 11.6. The summed E-state index contributed by atoms with van der Waals surface area (Å²) in [5.41, 5.74) is -1.03. The lowest BCUT2D eigenvalue weighted by Crippen LogP contribution is -2.33. The Kier molecular flexibility index (Phi) is 3.69. The highest BCUT2D eigenvalue weighted by atomic mass is 32.2. The number of aromatic nitrogens is 2. The maximum atomic E-state index is 11.6. The van der Waals surface area contributed by atoms with Gasteiger partial charge in [0.25, 0.3) is 5.56 Å². The maximum Gasteiger partial charge on any atom is 0.328 e. The van der Waals surface area contributed by atoms with Crippen molar-refractivity contribution in [3.05, 3.63) is 32.6 Å². The van der Waals surface area contributed by atoms with Crippen LogP contribution in [0.5, 0.6) is 0 Å². The third kappa shape index (κ3) is 2.80. The minimum atomic E-state index is -0.604. The van der Waals surface area contributed by atoms with Crippen molar-refractivity contribution in [1.29, 1.82) is 5.26 Å². The van der Waals surface area contributed by atoms with Gasteiger partial charge in [-0.25, -0.2) is 4.79 Å². The van der Waals surface area contributed by atoms with Crippen LogP contribution in [0, 0.1) is 17.2 Å². The molecule has 0 amide bonds. The molecule has 1 N–H and O–H groups in total. The SMILES string of the molecule is N#Cc1cn(CC2CCSCC2)c(=O)[nH]c1=O. The average Bonchev–Trinajstić information content (AvgIpc) is 2.34. The Balaban J connectivity index is 2.23. The van der Waals surface area contributed by atoms with Crippen LogP contribution >= 0.6 is 11.8 Å². The van der Waals surface area contributed by atoms with Crippen molar-refractivity contribution >= 4 is 11.8 Å². The molecular weight excluding hydrogens is 238 g/mol. The van der Waals surface area contributed by atoms with Crippen LogP contribution in [0.15, 0.2) is 15.8 Å². The number of aromatic amines is 1. The van der Waals surface area contributed by atoms with Crippen molar-refractivity contribution in [2.75, 3.05) is 11.5 Å². The number of rotatable bonds is 2. The van der Waals surface area contributed by atoms with Crippen LogP contribution in [0.4, 0.5) is 0 Å². The van der Waals surface area contributed by atoms with E-state index in [4.69, 9.17) is 5.26 Å². The summed E-state index contributed by atoms with van der Waals surface area (Å²) in [6.07, 6.45) is 3.53. The van der Waals surface area contributed by atoms with Crippen LogP contribution in [-0.4, -0.2) is 21.1 Å². The third-order valence-electron chi connectivity index (χ3n) is 2.93. The van der Waals surface area contributed by atoms with Crippen molar-refractivity contribution in [2.24, 2.45) is 5.92 Å². The Labute approximate surface area is 102 Å². The van der Waals surface area contributed by atoms with Crippen LogP contribution in [-0.2, 0) is 6.54 Å². The number of nitrogens with zero attached hydrogens (tertiary/aromatic N) is 2. The largest absolute Gasteiger partial charge is 0.328 e. The fourth-order valence-electron chi connectivity index (χ4n) is 1.93. The second kappa shape index (κ2) is 5.23. The topological polar surface area (TPSA) is 78.7 Å². The number of hydrogen-bond donors (Lipinski definition) is 1. The molecule has 1 aliphatic rings. The van der Waals surface area contributed by atoms with Gasteiger partial charge < -0.3 is 0 Å². The first-order valence-corrected chi connectivity index (χ1v) is 6.68. The zero-order chi connectivity index (χ0) is 12.3. The Hall–Kier alpha value is -1.48. The normalized spacial score (nSPS) is 16.6. The van der Waals surface area contributed by atoms with Crippen LogP contribution in [0.2, 0.25) is 0 Å². The van der Waals surface area contributed by atoms with E-state index in [1.165, 1.54) is 10.8 Å². The molecule has 1 aromatic heterocycles. The highest BCUT2D eigenvalue weighted by Crippen LogP contribution is 2.23. The van der Waals surface area contributed by atoms with E-state index in [9.17, 15) is 9.59 Å². The van der Waals surface area contributed by atoms with E-state index in [0.29, 0.717) is 12.5 Å². The Bertz CT molecular complexity index is 549. The fourth-order valence-corrected chi connectivity index (χ4v) is 3.14. The van der Waals surface area contributed by atoms with Crippen LogP contribution in [0.25, 0.3) is 0 Å². The molecule has 6 heteroatoms. The predicted octanol–water partition coefficient (Wildman–Crippen LogP) is 0.551. The Morgan fingerprint density at radius 3 is 2.82 bits per heavy atom. The molecule has 1 aliphatic heterocycles. The second-order valence-corrected chi connectivity index (χ2v) is 5.35. The molecule has 0 spiro atoms. The molecule has 0 unspecified atom stereocenters. The highest BCUT2D eigenvalue weighted by Gasteiger charge is 2.15. The van der Waals surface area contributed by atoms with Gasteiger partial charge in [-0.1, -0.05) is 0 Å². The number of thioether (sulfide) groups is 1. The van der Waals surface area contributed by atoms with E-state index < -0.39 is 11.2 Å². The van der Waals surface area contributed by atoms with E-state index in [1.807, 2.05) is 11.8 Å². The average molecular weight is 251 g/mol. The Morgan fingerprint density at radius 1 is 1.47 bits per heavy atom. The van der Waals surface area contributed by atoms with Gasteiger partial charge in [0.1, 0.15) is 11.6 Å². The molecular formula is C11H13N3O2S. The van der Waals surface area contributed by atoms with Crippen LogP contribution in [0.1, 0.15) is 18.4 Å². The predicted molar refractivity (Wildman–Crippen MR) is 66.1 cm³/mol. The summed E-state index contributed by atoms with van der Waals surface area (Å²) in [7, 11) is 0. The molecule has 0 bridgehead atoms. The first-order chi connectivity index (χ1) is 8.20. The van der Waals surface area contributed by atoms with E-state index >= 15 is 0 Å². The van der Waals surface area contributed by atoms with Crippen LogP contribution in [0.3, 0.4) is 0 Å². The molecule has 1 saturated heterocycles. The van der Waals surface area contributed by atoms with Crippen molar-refractivity contribution in [2.45, 2.75) is 19.4 Å². The molecule has 5 nitrogen and oxygen atoms in total. The third-order valence-corrected chi connectivity index (χ3v) is 3.98. The summed E-state index contributed by atoms with van der Waals surface area (Å²) in [6, 6.07) is 1.79. The Morgan fingerprint density at radius 2 is 2.18 bits per heavy atom. The van der Waals surface area contributed by atoms with E-state index in [-0.39, 0.29) is 5.56 Å². The van der Waals surface area contributed by atoms with Crippen molar-refractivity contribution in [3.63, 3.8) is 0 Å². The first kappa shape index (κ1) is 12.0. The molecule has 1 aromatic rings. The van der Waals surface area contributed by atoms with Gasteiger partial charge in [-0.3, -0.25) is 14.3 Å². The lowest BCUT2D eigenvalue weighted by Gasteiger charge is -2.21. The smallest absolute Gasteiger partial charge is 0.299 e. The molecule has 0 saturated carbocycles. The van der Waals surface area contributed by atoms with Crippen molar-refractivity contribution < 1.29 is 0 Å². The molecule has 2 rings (SSSR count). The molecule has 1 fully saturated rings. The highest BCUT2D eigenvalue weighted by molar-refractivity contribution is 7.99. The van der Waals surface area contributed by atoms with Crippen molar-refractivity contribution in [1.82, 2.24) is 9.55 Å². The number of H-pyrrole nitrogens is 1. The van der Waals surface area contributed by atoms with Gasteiger partial charge >= 0.3 is 5.69 Å². The van der Waals surface area contributed by atoms with Gasteiger partial charge in [-0.2, -0.15) is 17.0 Å². The molecule has 0 aliphatic carbocycles. The van der Waals surface area contributed by atoms with Gasteiger partial charge in [0.2, 0.25) is 0 Å². The molecule has 0 radical (unpaired) electrons. The number of nitrogens with one attached hydrogen (secondary N) is 1. The first-order valence-electron chi connectivity index (χ1n) is 5.52. The van der Waals surface area contributed by atoms with E-state index in [0.717, 1.165) is 24.3 Å². The quantitative estimate of drug-likeness (QED) is 0.832. The zero-order valence-electron chi connectivity index (χ0n) is 9.31. The molecule has 0 atom stereocenters. The van der Waals surface area contributed by atoms with Crippen LogP contribution < -0.4 is 11.2 Å². The molecule has 17 heavy (non-hydrogen) atoms. The lowest BCUT2D eigenvalue weighted by molar-refractivity contribution is 0.406. The summed E-state index contributed by atoms with van der Waals surface area (Å²) in [5, 5.41) is 8.75. The van der Waals surface area contributed by atoms with Gasteiger partial charge in [-0.05, 0) is 30.3 Å². The summed E-state index contributed by atoms with van der Waals surface area (Å²) in [5.74, 6) is 2.70. The molecule has 90 valence electrons. The van der Waals surface area contributed by atoms with Gasteiger partial charge in [0, 0.05) is 12.7 Å². The summed E-state index contributed by atoms with van der Waals surface area (Å²) < 4.78 is 1.45. The summed E-state index contributed by atoms with van der Waals surface area (Å²) >= 11 is 1.93. The zero-order valence-corrected chi connectivity index (χ0v) is 10.1. The van der Waals surface area contributed by atoms with E-state index in [1.54, 1.807) is 6.07 Å². The van der Waals surface area contributed by atoms with Gasteiger partial charge in [0.15, 0.2) is 0 Å². The minimum Gasteiger partial charge on any atom is -0.299 e. The second-order valence-electron chi connectivity index (χ2n) is 4.12. The monoisotopic (exact) mass is 251 g/mol. The number of hydrogen-bond acceptors (Lipinski definition) is 4. The van der Waals surface area contributed by atoms with E-state index in [2.05, 4.69) is 4.98 Å². The van der Waals surface area contributed by atoms with Gasteiger partial charge in [-0.15, -0.1) is 0 Å². The number of nitriles is 1. The standard InChI is InChI=1S/C11H13N3O2S/c12-5-9-7-14(11(16)13-10(9)15)6-8-1-3-17-4-2-8/h7-8H,1-4,6H2,(H,13,15,16). The summed E-state index contributed by atoms with van der Waals surface area (Å²) in [6.45, 7) is 0.588. The molecule has 2 heterocycles. The minimum absolute atomic E-state index is 0.00483.